The number of amides is 1. The molecule has 1 unspecified atom stereocenters. The van der Waals surface area contributed by atoms with E-state index in [1.165, 1.54) is 24.0 Å². The van der Waals surface area contributed by atoms with Gasteiger partial charge >= 0.3 is 0 Å². The molecule has 2 aromatic rings. The van der Waals surface area contributed by atoms with E-state index in [2.05, 4.69) is 0 Å². The SMILES string of the molecule is COc1ccc(C([O-])=C2C(=O)C(=O)N(CC[NH+]3CCOCC3)C2c2cccc(OC)c2OC)c(C)c1. The Bertz CT molecular complexity index is 1170. The van der Waals surface area contributed by atoms with Crippen LogP contribution in [0.15, 0.2) is 42.0 Å². The number of morpholine rings is 1. The average Bonchev–Trinajstić information content (AvgIpc) is 3.16. The second-order valence-corrected chi connectivity index (χ2v) is 8.85. The van der Waals surface area contributed by atoms with E-state index < -0.39 is 23.5 Å². The van der Waals surface area contributed by atoms with Crippen LogP contribution >= 0.6 is 0 Å². The topological polar surface area (TPSA) is 102 Å². The van der Waals surface area contributed by atoms with Crippen molar-refractivity contribution in [2.24, 2.45) is 0 Å². The van der Waals surface area contributed by atoms with E-state index >= 15 is 0 Å². The molecule has 2 aromatic carbocycles. The van der Waals surface area contributed by atoms with Crippen molar-refractivity contribution < 1.29 is 38.5 Å². The van der Waals surface area contributed by atoms with Crippen LogP contribution in [-0.2, 0) is 14.3 Å². The van der Waals surface area contributed by atoms with Crippen molar-refractivity contribution in [3.8, 4) is 17.2 Å². The Morgan fingerprint density at radius 3 is 2.47 bits per heavy atom. The number of hydrogen-bond acceptors (Lipinski definition) is 7. The molecule has 1 N–H and O–H groups in total. The summed E-state index contributed by atoms with van der Waals surface area (Å²) >= 11 is 0. The predicted molar refractivity (Wildman–Crippen MR) is 130 cm³/mol. The minimum absolute atomic E-state index is 0.0863. The highest BCUT2D eigenvalue weighted by Gasteiger charge is 2.46. The number of quaternary nitrogens is 1. The molecule has 2 fully saturated rings. The summed E-state index contributed by atoms with van der Waals surface area (Å²) in [6.07, 6.45) is 0. The Morgan fingerprint density at radius 2 is 1.83 bits per heavy atom. The van der Waals surface area contributed by atoms with Crippen molar-refractivity contribution in [3.05, 3.63) is 58.7 Å². The molecule has 0 aromatic heterocycles. The Balaban J connectivity index is 1.84. The number of hydrogen-bond donors (Lipinski definition) is 1. The fourth-order valence-electron chi connectivity index (χ4n) is 4.90. The monoisotopic (exact) mass is 496 g/mol. The van der Waals surface area contributed by atoms with Crippen LogP contribution < -0.4 is 24.2 Å². The normalized spacial score (nSPS) is 20.0. The van der Waals surface area contributed by atoms with E-state index in [9.17, 15) is 14.7 Å². The van der Waals surface area contributed by atoms with Gasteiger partial charge in [-0.25, -0.2) is 0 Å². The molecule has 0 spiro atoms. The molecule has 4 rings (SSSR count). The van der Waals surface area contributed by atoms with Gasteiger partial charge in [0.15, 0.2) is 11.5 Å². The summed E-state index contributed by atoms with van der Waals surface area (Å²) in [5, 5.41) is 13.8. The van der Waals surface area contributed by atoms with Crippen LogP contribution in [0, 0.1) is 6.92 Å². The molecule has 0 radical (unpaired) electrons. The number of benzene rings is 2. The molecular formula is C27H32N2O7. The Kier molecular flexibility index (Phi) is 7.81. The van der Waals surface area contributed by atoms with Gasteiger partial charge in [-0.1, -0.05) is 24.0 Å². The van der Waals surface area contributed by atoms with Crippen LogP contribution in [0.5, 0.6) is 17.2 Å². The van der Waals surface area contributed by atoms with Crippen molar-refractivity contribution in [3.63, 3.8) is 0 Å². The summed E-state index contributed by atoms with van der Waals surface area (Å²) in [5.41, 5.74) is 1.44. The second kappa shape index (κ2) is 11.0. The molecule has 9 nitrogen and oxygen atoms in total. The van der Waals surface area contributed by atoms with Gasteiger partial charge in [-0.2, -0.15) is 0 Å². The second-order valence-electron chi connectivity index (χ2n) is 8.85. The van der Waals surface area contributed by atoms with Gasteiger partial charge in [0.2, 0.25) is 5.78 Å². The number of rotatable bonds is 8. The highest BCUT2D eigenvalue weighted by atomic mass is 16.5. The van der Waals surface area contributed by atoms with E-state index in [1.54, 1.807) is 50.4 Å². The number of carbonyl (C=O) groups is 2. The Hall–Kier alpha value is -3.56. The zero-order chi connectivity index (χ0) is 25.8. The fraction of sp³-hybridized carbons (Fsp3) is 0.407. The molecule has 1 amide bonds. The van der Waals surface area contributed by atoms with Crippen LogP contribution in [0.2, 0.25) is 0 Å². The van der Waals surface area contributed by atoms with Gasteiger partial charge in [-0.15, -0.1) is 0 Å². The van der Waals surface area contributed by atoms with Gasteiger partial charge in [0.05, 0.1) is 53.7 Å². The molecule has 2 aliphatic heterocycles. The van der Waals surface area contributed by atoms with Crippen LogP contribution in [-0.4, -0.2) is 77.3 Å². The van der Waals surface area contributed by atoms with E-state index in [0.717, 1.165) is 13.1 Å². The maximum absolute atomic E-state index is 13.8. The van der Waals surface area contributed by atoms with Crippen molar-refractivity contribution in [2.75, 3.05) is 60.7 Å². The first-order chi connectivity index (χ1) is 17.4. The van der Waals surface area contributed by atoms with E-state index in [4.69, 9.17) is 18.9 Å². The third kappa shape index (κ3) is 4.76. The highest BCUT2D eigenvalue weighted by Crippen LogP contribution is 2.45. The molecule has 192 valence electrons. The number of likely N-dealkylation sites (tertiary alicyclic amines) is 1. The molecular weight excluding hydrogens is 464 g/mol. The van der Waals surface area contributed by atoms with Crippen molar-refractivity contribution >= 4 is 17.4 Å². The predicted octanol–water partition coefficient (Wildman–Crippen LogP) is 0.160. The number of carbonyl (C=O) groups excluding carboxylic acids is 2. The van der Waals surface area contributed by atoms with Gasteiger partial charge < -0.3 is 33.9 Å². The molecule has 0 aliphatic carbocycles. The lowest BCUT2D eigenvalue weighted by Gasteiger charge is -2.31. The first-order valence-corrected chi connectivity index (χ1v) is 11.9. The van der Waals surface area contributed by atoms with Crippen LogP contribution in [0.1, 0.15) is 22.7 Å². The maximum atomic E-state index is 13.8. The standard InChI is InChI=1S/C27H32N2O7/c1-17-16-18(33-2)8-9-19(17)24(30)22-23(20-6-5-7-21(34-3)26(20)35-4)29(27(32)25(22)31)11-10-28-12-14-36-15-13-28/h5-9,16,23,30H,10-15H2,1-4H3. The number of aryl methyl sites for hydroxylation is 1. The molecule has 2 saturated heterocycles. The molecule has 1 atom stereocenters. The highest BCUT2D eigenvalue weighted by molar-refractivity contribution is 6.46. The molecule has 0 saturated carbocycles. The van der Waals surface area contributed by atoms with Crippen LogP contribution in [0.3, 0.4) is 0 Å². The Labute approximate surface area is 210 Å². The largest absolute Gasteiger partial charge is 0.872 e. The van der Waals surface area contributed by atoms with Crippen LogP contribution in [0.25, 0.3) is 5.76 Å². The summed E-state index contributed by atoms with van der Waals surface area (Å²) in [7, 11) is 4.56. The number of para-hydroxylation sites is 1. The summed E-state index contributed by atoms with van der Waals surface area (Å²) in [6, 6.07) is 9.39. The van der Waals surface area contributed by atoms with Gasteiger partial charge in [-0.3, -0.25) is 9.59 Å². The molecule has 2 aliphatic rings. The third-order valence-electron chi connectivity index (χ3n) is 6.84. The summed E-state index contributed by atoms with van der Waals surface area (Å²) in [5.74, 6) is -0.524. The minimum Gasteiger partial charge on any atom is -0.872 e. The molecule has 0 bridgehead atoms. The fourth-order valence-corrected chi connectivity index (χ4v) is 4.90. The average molecular weight is 497 g/mol. The number of nitrogens with zero attached hydrogens (tertiary/aromatic N) is 1. The minimum atomic E-state index is -0.899. The summed E-state index contributed by atoms with van der Waals surface area (Å²) in [4.78, 5) is 29.5. The molecule has 9 heteroatoms. The molecule has 36 heavy (non-hydrogen) atoms. The van der Waals surface area contributed by atoms with E-state index in [0.29, 0.717) is 60.2 Å². The van der Waals surface area contributed by atoms with Gasteiger partial charge in [0, 0.05) is 11.1 Å². The lowest BCUT2D eigenvalue weighted by molar-refractivity contribution is -0.907. The Morgan fingerprint density at radius 1 is 1.08 bits per heavy atom. The van der Waals surface area contributed by atoms with Crippen molar-refractivity contribution in [2.45, 2.75) is 13.0 Å². The zero-order valence-electron chi connectivity index (χ0n) is 21.1. The van der Waals surface area contributed by atoms with Gasteiger partial charge in [0.25, 0.3) is 5.91 Å². The first kappa shape index (κ1) is 25.5. The molecule has 2 heterocycles. The lowest BCUT2D eigenvalue weighted by atomic mass is 9.93. The maximum Gasteiger partial charge on any atom is 0.295 e. The number of Topliss-reactive ketones (excluding diaryl/α,β-unsaturated/α-hetero) is 1. The van der Waals surface area contributed by atoms with E-state index in [-0.39, 0.29) is 5.57 Å². The lowest BCUT2D eigenvalue weighted by Crippen LogP contribution is -3.14. The number of ketones is 1. The number of nitrogens with one attached hydrogen (secondary N) is 1. The van der Waals surface area contributed by atoms with Crippen molar-refractivity contribution in [1.29, 1.82) is 0 Å². The van der Waals surface area contributed by atoms with Gasteiger partial charge in [-0.05, 0) is 36.2 Å². The third-order valence-corrected chi connectivity index (χ3v) is 6.84. The number of ether oxygens (including phenoxy) is 4. The van der Waals surface area contributed by atoms with Crippen molar-refractivity contribution in [1.82, 2.24) is 4.90 Å². The van der Waals surface area contributed by atoms with Gasteiger partial charge in [0.1, 0.15) is 18.8 Å². The van der Waals surface area contributed by atoms with Crippen LogP contribution in [0.4, 0.5) is 0 Å². The van der Waals surface area contributed by atoms with E-state index in [1.807, 2.05) is 0 Å². The first-order valence-electron chi connectivity index (χ1n) is 11.9. The smallest absolute Gasteiger partial charge is 0.295 e. The quantitative estimate of drug-likeness (QED) is 0.316. The zero-order valence-corrected chi connectivity index (χ0v) is 21.1. The summed E-state index contributed by atoms with van der Waals surface area (Å²) < 4.78 is 21.8. The number of methoxy groups -OCH3 is 3. The summed E-state index contributed by atoms with van der Waals surface area (Å²) in [6.45, 7) is 5.67.